The maximum Gasteiger partial charge on any atom is 0.0637 e. The number of ether oxygens (including phenoxy) is 1. The van der Waals surface area contributed by atoms with Crippen molar-refractivity contribution in [1.29, 1.82) is 0 Å². The minimum absolute atomic E-state index is 0.654. The number of hydrogen-bond donors (Lipinski definition) is 1. The van der Waals surface area contributed by atoms with Gasteiger partial charge in [0.05, 0.1) is 6.61 Å². The summed E-state index contributed by atoms with van der Waals surface area (Å²) in [5.74, 6) is 0.654. The van der Waals surface area contributed by atoms with Gasteiger partial charge in [-0.05, 0) is 37.1 Å². The Morgan fingerprint density at radius 2 is 2.10 bits per heavy atom. The fraction of sp³-hybridized carbons (Fsp3) is 0.625. The van der Waals surface area contributed by atoms with E-state index in [4.69, 9.17) is 16.3 Å². The van der Waals surface area contributed by atoms with E-state index in [2.05, 4.69) is 37.1 Å². The van der Waals surface area contributed by atoms with Crippen molar-refractivity contribution in [3.63, 3.8) is 0 Å². The molecule has 0 atom stereocenters. The molecule has 0 radical (unpaired) electrons. The average molecular weight is 299 g/mol. The van der Waals surface area contributed by atoms with Gasteiger partial charge in [0.1, 0.15) is 0 Å². The van der Waals surface area contributed by atoms with Crippen LogP contribution >= 0.6 is 11.6 Å². The summed E-state index contributed by atoms with van der Waals surface area (Å²) in [4.78, 5) is 2.31. The molecule has 4 heteroatoms. The summed E-state index contributed by atoms with van der Waals surface area (Å²) in [5, 5.41) is 4.28. The predicted molar refractivity (Wildman–Crippen MR) is 87.8 cm³/mol. The van der Waals surface area contributed by atoms with Gasteiger partial charge in [0.25, 0.3) is 0 Å². The number of nitrogens with one attached hydrogen (secondary N) is 1. The zero-order chi connectivity index (χ0) is 15.0. The second-order valence-corrected chi connectivity index (χ2v) is 5.81. The molecule has 3 nitrogen and oxygen atoms in total. The molecule has 0 aliphatic heterocycles. The maximum absolute atomic E-state index is 6.16. The minimum atomic E-state index is 0.654. The van der Waals surface area contributed by atoms with E-state index in [0.717, 1.165) is 37.8 Å². The molecule has 1 N–H and O–H groups in total. The predicted octanol–water partition coefficient (Wildman–Crippen LogP) is 3.56. The molecule has 20 heavy (non-hydrogen) atoms. The van der Waals surface area contributed by atoms with E-state index < -0.39 is 0 Å². The fourth-order valence-electron chi connectivity index (χ4n) is 2.13. The largest absolute Gasteiger partial charge is 0.383 e. The van der Waals surface area contributed by atoms with Gasteiger partial charge in [-0.1, -0.05) is 31.5 Å². The van der Waals surface area contributed by atoms with Crippen molar-refractivity contribution in [3.8, 4) is 0 Å². The van der Waals surface area contributed by atoms with E-state index in [9.17, 15) is 0 Å². The highest BCUT2D eigenvalue weighted by Gasteiger charge is 2.10. The van der Waals surface area contributed by atoms with Crippen molar-refractivity contribution in [3.05, 3.63) is 28.8 Å². The molecule has 0 bridgehead atoms. The van der Waals surface area contributed by atoms with E-state index in [-0.39, 0.29) is 0 Å². The number of benzene rings is 1. The Morgan fingerprint density at radius 1 is 1.35 bits per heavy atom. The third-order valence-corrected chi connectivity index (χ3v) is 3.44. The third-order valence-electron chi connectivity index (χ3n) is 3.20. The van der Waals surface area contributed by atoms with Crippen LogP contribution in [-0.4, -0.2) is 33.4 Å². The molecule has 0 amide bonds. The molecule has 0 saturated carbocycles. The molecule has 1 aromatic rings. The highest BCUT2D eigenvalue weighted by Crippen LogP contribution is 2.25. The average Bonchev–Trinajstić information content (AvgIpc) is 2.41. The first kappa shape index (κ1) is 17.3. The lowest BCUT2D eigenvalue weighted by molar-refractivity contribution is 0.205. The van der Waals surface area contributed by atoms with Crippen molar-refractivity contribution in [2.24, 2.45) is 5.92 Å². The van der Waals surface area contributed by atoms with Crippen molar-refractivity contribution in [2.75, 3.05) is 38.3 Å². The van der Waals surface area contributed by atoms with E-state index in [0.29, 0.717) is 5.92 Å². The Morgan fingerprint density at radius 3 is 2.70 bits per heavy atom. The number of nitrogens with zero attached hydrogens (tertiary/aromatic N) is 1. The molecule has 0 fully saturated rings. The Labute approximate surface area is 128 Å². The zero-order valence-corrected chi connectivity index (χ0v) is 13.8. The highest BCUT2D eigenvalue weighted by molar-refractivity contribution is 6.30. The number of likely N-dealkylation sites (N-methyl/N-ethyl adjacent to an activating group) is 1. The van der Waals surface area contributed by atoms with Crippen molar-refractivity contribution in [2.45, 2.75) is 27.3 Å². The second-order valence-electron chi connectivity index (χ2n) is 5.37. The second kappa shape index (κ2) is 9.22. The van der Waals surface area contributed by atoms with Crippen LogP contribution in [0.15, 0.2) is 18.2 Å². The number of methoxy groups -OCH3 is 1. The van der Waals surface area contributed by atoms with Gasteiger partial charge in [-0.15, -0.1) is 0 Å². The van der Waals surface area contributed by atoms with Crippen LogP contribution < -0.4 is 10.2 Å². The van der Waals surface area contributed by atoms with Crippen LogP contribution in [0, 0.1) is 5.92 Å². The molecule has 0 aliphatic rings. The van der Waals surface area contributed by atoms with Gasteiger partial charge in [-0.25, -0.2) is 0 Å². The molecule has 0 aromatic heterocycles. The molecule has 114 valence electrons. The lowest BCUT2D eigenvalue weighted by atomic mass is 10.1. The maximum atomic E-state index is 6.16. The summed E-state index contributed by atoms with van der Waals surface area (Å²) in [7, 11) is 1.73. The summed E-state index contributed by atoms with van der Waals surface area (Å²) in [6.45, 7) is 11.0. The summed E-state index contributed by atoms with van der Waals surface area (Å²) in [5.41, 5.74) is 2.49. The molecule has 0 spiro atoms. The van der Waals surface area contributed by atoms with E-state index >= 15 is 0 Å². The van der Waals surface area contributed by atoms with E-state index in [1.165, 1.54) is 11.3 Å². The van der Waals surface area contributed by atoms with Crippen LogP contribution in [0.5, 0.6) is 0 Å². The first-order valence-electron chi connectivity index (χ1n) is 7.31. The molecular weight excluding hydrogens is 272 g/mol. The number of anilines is 1. The lowest BCUT2D eigenvalue weighted by Gasteiger charge is -2.26. The van der Waals surface area contributed by atoms with Crippen LogP contribution in [0.4, 0.5) is 5.69 Å². The summed E-state index contributed by atoms with van der Waals surface area (Å²) >= 11 is 6.16. The van der Waals surface area contributed by atoms with Gasteiger partial charge in [-0.2, -0.15) is 0 Å². The molecule has 0 unspecified atom stereocenters. The molecule has 1 rings (SSSR count). The lowest BCUT2D eigenvalue weighted by Crippen LogP contribution is -2.29. The standard InChI is InChI=1S/C16H27ClN2O/c1-5-19(8-9-20-4)16-10-15(17)7-6-14(16)12-18-11-13(2)3/h6-7,10,13,18H,5,8-9,11-12H2,1-4H3. The number of hydrogen-bond acceptors (Lipinski definition) is 3. The molecule has 0 heterocycles. The number of rotatable bonds is 9. The van der Waals surface area contributed by atoms with Gasteiger partial charge in [-0.3, -0.25) is 0 Å². The Kier molecular flexibility index (Phi) is 7.97. The summed E-state index contributed by atoms with van der Waals surface area (Å²) in [6, 6.07) is 6.12. The van der Waals surface area contributed by atoms with Gasteiger partial charge >= 0.3 is 0 Å². The topological polar surface area (TPSA) is 24.5 Å². The first-order chi connectivity index (χ1) is 9.58. The quantitative estimate of drug-likeness (QED) is 0.754. The molecule has 1 aromatic carbocycles. The first-order valence-corrected chi connectivity index (χ1v) is 7.69. The summed E-state index contributed by atoms with van der Waals surface area (Å²) < 4.78 is 5.19. The normalized spacial score (nSPS) is 11.1. The molecular formula is C16H27ClN2O. The van der Waals surface area contributed by atoms with Crippen molar-refractivity contribution < 1.29 is 4.74 Å². The number of halogens is 1. The van der Waals surface area contributed by atoms with Gasteiger partial charge in [0.2, 0.25) is 0 Å². The molecule has 0 saturated heterocycles. The monoisotopic (exact) mass is 298 g/mol. The highest BCUT2D eigenvalue weighted by atomic mass is 35.5. The van der Waals surface area contributed by atoms with Crippen LogP contribution in [-0.2, 0) is 11.3 Å². The fourth-order valence-corrected chi connectivity index (χ4v) is 2.29. The van der Waals surface area contributed by atoms with Crippen molar-refractivity contribution >= 4 is 17.3 Å². The van der Waals surface area contributed by atoms with Crippen LogP contribution in [0.1, 0.15) is 26.3 Å². The summed E-state index contributed by atoms with van der Waals surface area (Å²) in [6.07, 6.45) is 0. The minimum Gasteiger partial charge on any atom is -0.383 e. The van der Waals surface area contributed by atoms with E-state index in [1.54, 1.807) is 7.11 Å². The van der Waals surface area contributed by atoms with Crippen molar-refractivity contribution in [1.82, 2.24) is 5.32 Å². The van der Waals surface area contributed by atoms with Crippen LogP contribution in [0.25, 0.3) is 0 Å². The Bertz CT molecular complexity index is 396. The van der Waals surface area contributed by atoms with Crippen LogP contribution in [0.3, 0.4) is 0 Å². The Balaban J connectivity index is 2.82. The Hall–Kier alpha value is -0.770. The smallest absolute Gasteiger partial charge is 0.0637 e. The third kappa shape index (κ3) is 5.70. The van der Waals surface area contributed by atoms with Crippen LogP contribution in [0.2, 0.25) is 5.02 Å². The van der Waals surface area contributed by atoms with Gasteiger partial charge in [0.15, 0.2) is 0 Å². The zero-order valence-electron chi connectivity index (χ0n) is 13.1. The SMILES string of the molecule is CCN(CCOC)c1cc(Cl)ccc1CNCC(C)C. The van der Waals surface area contributed by atoms with Gasteiger partial charge < -0.3 is 15.0 Å². The van der Waals surface area contributed by atoms with Gasteiger partial charge in [0, 0.05) is 37.5 Å². The molecule has 0 aliphatic carbocycles. The van der Waals surface area contributed by atoms with E-state index in [1.807, 2.05) is 12.1 Å².